The van der Waals surface area contributed by atoms with Crippen LogP contribution in [0.25, 0.3) is 10.9 Å². The fraction of sp³-hybridized carbons (Fsp3) is 0.647. The van der Waals surface area contributed by atoms with Crippen LogP contribution in [0.3, 0.4) is 0 Å². The number of methoxy groups -OCH3 is 1. The molecule has 46 heavy (non-hydrogen) atoms. The zero-order valence-electron chi connectivity index (χ0n) is 29.0. The van der Waals surface area contributed by atoms with Crippen molar-refractivity contribution >= 4 is 34.7 Å². The van der Waals surface area contributed by atoms with Gasteiger partial charge >= 0.3 is 35.6 Å². The number of carbonyl (C=O) groups excluding carboxylic acids is 4. The Kier molecular flexibility index (Phi) is 15.6. The van der Waals surface area contributed by atoms with Crippen LogP contribution in [0.15, 0.2) is 30.5 Å². The first-order valence-electron chi connectivity index (χ1n) is 16.2. The van der Waals surface area contributed by atoms with E-state index in [0.717, 1.165) is 42.1 Å². The SMILES string of the molecule is CCCC[C@@H](NC(=O)[C@@H](Cc1cn(COC)c2ccccc12)NC(=O)[C@H](CC(C)(C)C)NC(=O)N1[C@H](C)CCC[C@@H]1C)C(=O)[O-].[Na+]. The second kappa shape index (κ2) is 18.1. The summed E-state index contributed by atoms with van der Waals surface area (Å²) in [5, 5.41) is 21.2. The normalized spacial score (nSPS) is 18.6. The van der Waals surface area contributed by atoms with E-state index in [-0.39, 0.29) is 65.9 Å². The van der Waals surface area contributed by atoms with Crippen LogP contribution in [-0.4, -0.2) is 70.6 Å². The third kappa shape index (κ3) is 11.0. The molecule has 11 nitrogen and oxygen atoms in total. The van der Waals surface area contributed by atoms with Crippen LogP contribution in [0.5, 0.6) is 0 Å². The number of ether oxygens (including phenoxy) is 1. The molecular weight excluding hydrogens is 597 g/mol. The van der Waals surface area contributed by atoms with Crippen molar-refractivity contribution in [2.24, 2.45) is 5.41 Å². The molecule has 1 saturated heterocycles. The number of hydrogen-bond acceptors (Lipinski definition) is 6. The number of amides is 4. The number of benzene rings is 1. The number of urea groups is 1. The average Bonchev–Trinajstić information content (AvgIpc) is 3.30. The maximum Gasteiger partial charge on any atom is 1.00 e. The second-order valence-corrected chi connectivity index (χ2v) is 13.6. The number of likely N-dealkylation sites (tertiary alicyclic amines) is 1. The van der Waals surface area contributed by atoms with Gasteiger partial charge in [-0.25, -0.2) is 4.79 Å². The molecule has 1 aliphatic heterocycles. The van der Waals surface area contributed by atoms with Crippen LogP contribution in [0, 0.1) is 5.41 Å². The minimum Gasteiger partial charge on any atom is -0.548 e. The molecule has 0 radical (unpaired) electrons. The molecule has 250 valence electrons. The first-order valence-corrected chi connectivity index (χ1v) is 16.2. The summed E-state index contributed by atoms with van der Waals surface area (Å²) < 4.78 is 7.27. The fourth-order valence-electron chi connectivity index (χ4n) is 6.23. The Hall–Kier alpha value is -2.60. The predicted octanol–water partition coefficient (Wildman–Crippen LogP) is 0.479. The number of nitrogens with one attached hydrogen (secondary N) is 3. The average molecular weight is 650 g/mol. The van der Waals surface area contributed by atoms with Gasteiger partial charge in [-0.15, -0.1) is 0 Å². The van der Waals surface area contributed by atoms with Crippen molar-refractivity contribution in [3.05, 3.63) is 36.0 Å². The Morgan fingerprint density at radius 1 is 0.978 bits per heavy atom. The van der Waals surface area contributed by atoms with E-state index in [4.69, 9.17) is 4.74 Å². The molecule has 0 saturated carbocycles. The number of hydrogen-bond donors (Lipinski definition) is 3. The van der Waals surface area contributed by atoms with Crippen molar-refractivity contribution in [3.8, 4) is 0 Å². The van der Waals surface area contributed by atoms with Crippen molar-refractivity contribution < 1.29 is 58.6 Å². The van der Waals surface area contributed by atoms with Crippen molar-refractivity contribution in [2.45, 2.75) is 130 Å². The van der Waals surface area contributed by atoms with Gasteiger partial charge in [-0.3, -0.25) is 9.59 Å². The van der Waals surface area contributed by atoms with Crippen LogP contribution < -0.4 is 50.6 Å². The molecule has 0 unspecified atom stereocenters. The molecule has 1 aromatic heterocycles. The summed E-state index contributed by atoms with van der Waals surface area (Å²) in [6.45, 7) is 12.2. The van der Waals surface area contributed by atoms with Crippen molar-refractivity contribution in [1.82, 2.24) is 25.4 Å². The van der Waals surface area contributed by atoms with E-state index < -0.39 is 35.9 Å². The standard InChI is InChI=1S/C34H53N5O6.Na/c1-8-9-16-26(32(42)43)35-30(40)27(18-24-20-38(21-45-7)29-17-11-10-15-25(24)29)36-31(41)28(19-34(4,5)6)37-33(44)39-22(2)13-12-14-23(39)3;/h10-11,15,17,20,22-23,26-28H,8-9,12-14,16,18-19,21H2,1-7H3,(H,35,40)(H,36,41)(H,37,44)(H,42,43);/q;+1/p-1/t22-,23+,26-,27-,28+;/m1./s1. The summed E-state index contributed by atoms with van der Waals surface area (Å²) in [7, 11) is 1.59. The summed E-state index contributed by atoms with van der Waals surface area (Å²) >= 11 is 0. The van der Waals surface area contributed by atoms with Crippen LogP contribution in [0.1, 0.15) is 92.1 Å². The molecule has 5 atom stereocenters. The van der Waals surface area contributed by atoms with E-state index in [1.54, 1.807) is 12.0 Å². The molecule has 0 bridgehead atoms. The van der Waals surface area contributed by atoms with Crippen LogP contribution in [-0.2, 0) is 32.3 Å². The number of aromatic nitrogens is 1. The Labute approximate surface area is 295 Å². The third-order valence-corrected chi connectivity index (χ3v) is 8.50. The molecule has 0 aliphatic carbocycles. The van der Waals surface area contributed by atoms with Crippen LogP contribution in [0.2, 0.25) is 0 Å². The van der Waals surface area contributed by atoms with Gasteiger partial charge in [0, 0.05) is 37.2 Å². The summed E-state index contributed by atoms with van der Waals surface area (Å²) in [6, 6.07) is 4.23. The molecule has 1 fully saturated rings. The maximum atomic E-state index is 14.0. The monoisotopic (exact) mass is 649 g/mol. The number of carboxylic acids is 1. The Balaban J connectivity index is 0.00000736. The summed E-state index contributed by atoms with van der Waals surface area (Å²) in [6.07, 6.45) is 6.69. The number of carboxylic acid groups (broad SMARTS) is 1. The van der Waals surface area contributed by atoms with Gasteiger partial charge in [0.15, 0.2) is 0 Å². The predicted molar refractivity (Wildman–Crippen MR) is 172 cm³/mol. The molecule has 2 heterocycles. The van der Waals surface area contributed by atoms with E-state index >= 15 is 0 Å². The van der Waals surface area contributed by atoms with Crippen molar-refractivity contribution in [1.29, 1.82) is 0 Å². The van der Waals surface area contributed by atoms with E-state index in [1.807, 2.05) is 76.6 Å². The van der Waals surface area contributed by atoms with Gasteiger partial charge in [0.25, 0.3) is 0 Å². The van der Waals surface area contributed by atoms with E-state index in [9.17, 15) is 24.3 Å². The Morgan fingerprint density at radius 2 is 1.59 bits per heavy atom. The third-order valence-electron chi connectivity index (χ3n) is 8.50. The minimum absolute atomic E-state index is 0. The summed E-state index contributed by atoms with van der Waals surface area (Å²) in [5.74, 6) is -2.51. The molecule has 2 aromatic rings. The van der Waals surface area contributed by atoms with Gasteiger partial charge < -0.3 is 40.1 Å². The summed E-state index contributed by atoms with van der Waals surface area (Å²) in [4.78, 5) is 55.0. The van der Waals surface area contributed by atoms with E-state index in [0.29, 0.717) is 19.6 Å². The zero-order valence-corrected chi connectivity index (χ0v) is 31.0. The Bertz CT molecular complexity index is 1310. The van der Waals surface area contributed by atoms with Crippen LogP contribution in [0.4, 0.5) is 4.79 Å². The number of rotatable bonds is 14. The molecule has 3 rings (SSSR count). The minimum atomic E-state index is -1.37. The van der Waals surface area contributed by atoms with Crippen LogP contribution >= 0.6 is 0 Å². The largest absolute Gasteiger partial charge is 1.00 e. The second-order valence-electron chi connectivity index (χ2n) is 13.6. The van der Waals surface area contributed by atoms with Gasteiger partial charge in [0.05, 0.1) is 17.5 Å². The summed E-state index contributed by atoms with van der Waals surface area (Å²) in [5.41, 5.74) is 1.37. The molecule has 1 aromatic carbocycles. The number of nitrogens with zero attached hydrogens (tertiary/aromatic N) is 2. The number of fused-ring (bicyclic) bond motifs is 1. The molecule has 4 amide bonds. The smallest absolute Gasteiger partial charge is 0.548 e. The maximum absolute atomic E-state index is 14.0. The number of aliphatic carboxylic acids is 1. The zero-order chi connectivity index (χ0) is 33.3. The van der Waals surface area contributed by atoms with Gasteiger partial charge in [-0.05, 0) is 63.0 Å². The molecule has 3 N–H and O–H groups in total. The number of piperidine rings is 1. The van der Waals surface area contributed by atoms with Gasteiger partial charge in [0.1, 0.15) is 18.8 Å². The van der Waals surface area contributed by atoms with E-state index in [2.05, 4.69) is 16.0 Å². The quantitative estimate of drug-likeness (QED) is 0.254. The fourth-order valence-corrected chi connectivity index (χ4v) is 6.23. The molecule has 12 heteroatoms. The number of carbonyl (C=O) groups is 4. The molecule has 0 spiro atoms. The first kappa shape index (κ1) is 39.6. The van der Waals surface area contributed by atoms with E-state index in [1.165, 1.54) is 0 Å². The first-order chi connectivity index (χ1) is 21.2. The molecular formula is C34H52N5NaO6. The van der Waals surface area contributed by atoms with Gasteiger partial charge in [-0.2, -0.15) is 0 Å². The topological polar surface area (TPSA) is 145 Å². The number of para-hydroxylation sites is 1. The van der Waals surface area contributed by atoms with Crippen molar-refractivity contribution in [3.63, 3.8) is 0 Å². The van der Waals surface area contributed by atoms with Gasteiger partial charge in [0.2, 0.25) is 11.8 Å². The number of unbranched alkanes of at least 4 members (excludes halogenated alkanes) is 1. The molecule has 1 aliphatic rings. The van der Waals surface area contributed by atoms with Gasteiger partial charge in [-0.1, -0.05) is 58.7 Å². The Morgan fingerprint density at radius 3 is 2.17 bits per heavy atom. The van der Waals surface area contributed by atoms with Crippen molar-refractivity contribution in [2.75, 3.05) is 7.11 Å².